The maximum atomic E-state index is 6.24. The van der Waals surface area contributed by atoms with Gasteiger partial charge in [0.1, 0.15) is 17.7 Å². The molecule has 0 aliphatic carbocycles. The summed E-state index contributed by atoms with van der Waals surface area (Å²) in [7, 11) is 0. The molecular weight excluding hydrogens is 388 g/mol. The van der Waals surface area contributed by atoms with E-state index >= 15 is 0 Å². The minimum Gasteiger partial charge on any atom is -0.490 e. The molecule has 0 spiro atoms. The molecule has 5 N–H and O–H groups in total. The van der Waals surface area contributed by atoms with Crippen LogP contribution in [0.5, 0.6) is 5.75 Å². The van der Waals surface area contributed by atoms with Crippen LogP contribution in [0.4, 0.5) is 17.5 Å². The van der Waals surface area contributed by atoms with Gasteiger partial charge >= 0.3 is 0 Å². The Morgan fingerprint density at radius 2 is 1.84 bits per heavy atom. The summed E-state index contributed by atoms with van der Waals surface area (Å²) < 4.78 is 6.08. The van der Waals surface area contributed by atoms with Crippen LogP contribution in [0.1, 0.15) is 18.4 Å². The predicted octanol–water partition coefficient (Wildman–Crippen LogP) is 4.39. The Kier molecular flexibility index (Phi) is 5.18. The number of nitrogens with one attached hydrogen (secondary N) is 3. The number of nitrogens with zero attached hydrogens (tertiary/aromatic N) is 2. The van der Waals surface area contributed by atoms with Gasteiger partial charge in [0.15, 0.2) is 0 Å². The summed E-state index contributed by atoms with van der Waals surface area (Å²) in [5, 5.41) is 7.74. The van der Waals surface area contributed by atoms with Crippen LogP contribution in [0.3, 0.4) is 0 Å². The number of aromatic nitrogens is 3. The van der Waals surface area contributed by atoms with Crippen LogP contribution in [0.15, 0.2) is 54.7 Å². The Morgan fingerprint density at radius 1 is 1.03 bits per heavy atom. The first kappa shape index (κ1) is 19.4. The Hall–Kier alpha value is -3.58. The van der Waals surface area contributed by atoms with E-state index < -0.39 is 0 Å². The van der Waals surface area contributed by atoms with Crippen molar-refractivity contribution in [2.24, 2.45) is 0 Å². The van der Waals surface area contributed by atoms with Crippen LogP contribution >= 0.6 is 0 Å². The molecule has 0 bridgehead atoms. The highest BCUT2D eigenvalue weighted by atomic mass is 16.5. The highest BCUT2D eigenvalue weighted by Gasteiger charge is 2.15. The fraction of sp³-hybridized carbons (Fsp3) is 0.250. The summed E-state index contributed by atoms with van der Waals surface area (Å²) in [6.07, 6.45) is 4.28. The van der Waals surface area contributed by atoms with Crippen molar-refractivity contribution in [2.75, 3.05) is 24.1 Å². The number of hydrogen-bond donors (Lipinski definition) is 4. The van der Waals surface area contributed by atoms with Crippen LogP contribution in [0, 0.1) is 6.92 Å². The average Bonchev–Trinajstić information content (AvgIpc) is 3.27. The number of ether oxygens (including phenoxy) is 1. The van der Waals surface area contributed by atoms with Gasteiger partial charge in [-0.05, 0) is 69.3 Å². The lowest BCUT2D eigenvalue weighted by Crippen LogP contribution is -2.34. The van der Waals surface area contributed by atoms with Crippen LogP contribution in [-0.2, 0) is 0 Å². The number of aromatic amines is 1. The number of nitrogens with two attached hydrogens (primary N) is 1. The molecule has 7 heteroatoms. The third-order valence-electron chi connectivity index (χ3n) is 5.73. The smallest absolute Gasteiger partial charge is 0.229 e. The molecule has 0 radical (unpaired) electrons. The SMILES string of the molecule is Cc1c(N)nc(Nc2ccc(OC3CCNCC3)cc2)nc1-c1cccc2[nH]ccc12. The first-order valence-electron chi connectivity index (χ1n) is 10.6. The van der Waals surface area contributed by atoms with Gasteiger partial charge in [-0.15, -0.1) is 0 Å². The van der Waals surface area contributed by atoms with Crippen LogP contribution < -0.4 is 21.1 Å². The number of anilines is 3. The summed E-state index contributed by atoms with van der Waals surface area (Å²) in [6.45, 7) is 3.97. The van der Waals surface area contributed by atoms with Crippen LogP contribution in [0.2, 0.25) is 0 Å². The second kappa shape index (κ2) is 8.28. The molecule has 3 heterocycles. The lowest BCUT2D eigenvalue weighted by atomic mass is 10.0. The Bertz CT molecular complexity index is 1190. The van der Waals surface area contributed by atoms with Gasteiger partial charge in [-0.2, -0.15) is 4.98 Å². The molecule has 2 aromatic carbocycles. The normalized spacial score (nSPS) is 14.6. The van der Waals surface area contributed by atoms with Crippen LogP contribution in [0.25, 0.3) is 22.2 Å². The number of fused-ring (bicyclic) bond motifs is 1. The Labute approximate surface area is 181 Å². The summed E-state index contributed by atoms with van der Waals surface area (Å²) >= 11 is 0. The summed E-state index contributed by atoms with van der Waals surface area (Å²) in [5.74, 6) is 1.81. The molecule has 0 unspecified atom stereocenters. The molecule has 4 aromatic rings. The van der Waals surface area contributed by atoms with Gasteiger partial charge in [-0.3, -0.25) is 0 Å². The van der Waals surface area contributed by atoms with Gasteiger partial charge in [0.05, 0.1) is 5.69 Å². The summed E-state index contributed by atoms with van der Waals surface area (Å²) in [6, 6.07) is 16.1. The second-order valence-electron chi connectivity index (χ2n) is 7.87. The van der Waals surface area contributed by atoms with Gasteiger partial charge in [0, 0.05) is 33.9 Å². The van der Waals surface area contributed by atoms with E-state index in [1.165, 1.54) is 0 Å². The van der Waals surface area contributed by atoms with E-state index in [-0.39, 0.29) is 6.10 Å². The van der Waals surface area contributed by atoms with E-state index in [0.29, 0.717) is 11.8 Å². The van der Waals surface area contributed by atoms with E-state index in [0.717, 1.165) is 65.1 Å². The standard InChI is InChI=1S/C24H26N6O/c1-15-22(20-3-2-4-21-19(20)11-14-27-21)29-24(30-23(15)25)28-16-5-7-17(8-6-16)31-18-9-12-26-13-10-18/h2-8,11,14,18,26-27H,9-10,12-13H2,1H3,(H3,25,28,29,30). The quantitative estimate of drug-likeness (QED) is 0.386. The maximum Gasteiger partial charge on any atom is 0.229 e. The minimum atomic E-state index is 0.277. The van der Waals surface area contributed by atoms with Crippen LogP contribution in [-0.4, -0.2) is 34.1 Å². The fourth-order valence-electron chi connectivity index (χ4n) is 4.00. The van der Waals surface area contributed by atoms with Crippen molar-refractivity contribution < 1.29 is 4.74 Å². The Balaban J connectivity index is 1.39. The third-order valence-corrected chi connectivity index (χ3v) is 5.73. The zero-order valence-electron chi connectivity index (χ0n) is 17.5. The number of piperidine rings is 1. The molecule has 7 nitrogen and oxygen atoms in total. The molecule has 1 aliphatic rings. The first-order chi connectivity index (χ1) is 15.2. The van der Waals surface area contributed by atoms with Gasteiger partial charge in [-0.25, -0.2) is 4.98 Å². The third kappa shape index (κ3) is 4.04. The molecule has 5 rings (SSSR count). The van der Waals surface area contributed by atoms with Crippen molar-refractivity contribution in [3.63, 3.8) is 0 Å². The van der Waals surface area contributed by atoms with E-state index in [1.807, 2.05) is 49.5 Å². The molecule has 0 saturated carbocycles. The van der Waals surface area contributed by atoms with Crippen molar-refractivity contribution >= 4 is 28.4 Å². The lowest BCUT2D eigenvalue weighted by Gasteiger charge is -2.23. The van der Waals surface area contributed by atoms with E-state index in [2.05, 4.69) is 32.7 Å². The zero-order chi connectivity index (χ0) is 21.2. The van der Waals surface area contributed by atoms with E-state index in [4.69, 9.17) is 15.5 Å². The van der Waals surface area contributed by atoms with Crippen molar-refractivity contribution in [3.05, 3.63) is 60.3 Å². The highest BCUT2D eigenvalue weighted by Crippen LogP contribution is 2.32. The first-order valence-corrected chi connectivity index (χ1v) is 10.6. The molecule has 0 amide bonds. The predicted molar refractivity (Wildman–Crippen MR) is 125 cm³/mol. The largest absolute Gasteiger partial charge is 0.490 e. The van der Waals surface area contributed by atoms with Gasteiger partial charge in [-0.1, -0.05) is 12.1 Å². The number of benzene rings is 2. The van der Waals surface area contributed by atoms with Crippen molar-refractivity contribution in [1.82, 2.24) is 20.3 Å². The molecule has 31 heavy (non-hydrogen) atoms. The molecule has 1 saturated heterocycles. The summed E-state index contributed by atoms with van der Waals surface area (Å²) in [5.41, 5.74) is 10.9. The summed E-state index contributed by atoms with van der Waals surface area (Å²) in [4.78, 5) is 12.5. The van der Waals surface area contributed by atoms with Gasteiger partial charge < -0.3 is 26.1 Å². The number of nitrogen functional groups attached to an aromatic ring is 1. The minimum absolute atomic E-state index is 0.277. The maximum absolute atomic E-state index is 6.24. The Morgan fingerprint density at radius 3 is 2.65 bits per heavy atom. The molecule has 0 atom stereocenters. The number of H-pyrrole nitrogens is 1. The monoisotopic (exact) mass is 414 g/mol. The molecule has 1 aliphatic heterocycles. The average molecular weight is 415 g/mol. The van der Waals surface area contributed by atoms with E-state index in [1.54, 1.807) is 0 Å². The molecule has 2 aromatic heterocycles. The van der Waals surface area contributed by atoms with Gasteiger partial charge in [0.2, 0.25) is 5.95 Å². The van der Waals surface area contributed by atoms with Crippen molar-refractivity contribution in [2.45, 2.75) is 25.9 Å². The number of hydrogen-bond acceptors (Lipinski definition) is 6. The van der Waals surface area contributed by atoms with Crippen molar-refractivity contribution in [1.29, 1.82) is 0 Å². The number of rotatable bonds is 5. The van der Waals surface area contributed by atoms with E-state index in [9.17, 15) is 0 Å². The highest BCUT2D eigenvalue weighted by molar-refractivity contribution is 5.95. The zero-order valence-corrected chi connectivity index (χ0v) is 17.5. The topological polar surface area (TPSA) is 101 Å². The molecule has 1 fully saturated rings. The fourth-order valence-corrected chi connectivity index (χ4v) is 4.00. The second-order valence-corrected chi connectivity index (χ2v) is 7.87. The molecule has 158 valence electrons. The molecular formula is C24H26N6O. The lowest BCUT2D eigenvalue weighted by molar-refractivity contribution is 0.162. The van der Waals surface area contributed by atoms with Crippen molar-refractivity contribution in [3.8, 4) is 17.0 Å². The van der Waals surface area contributed by atoms with Gasteiger partial charge in [0.25, 0.3) is 0 Å².